The minimum Gasteiger partial charge on any atom is -0.390 e. The van der Waals surface area contributed by atoms with Gasteiger partial charge in [-0.25, -0.2) is 0 Å². The normalized spacial score (nSPS) is 11.8. The Morgan fingerprint density at radius 2 is 2.16 bits per heavy atom. The zero-order chi connectivity index (χ0) is 13.9. The number of pyridine rings is 1. The zero-order valence-electron chi connectivity index (χ0n) is 11.4. The molecule has 2 heterocycles. The smallest absolute Gasteiger partial charge is 0.191 e. The van der Waals surface area contributed by atoms with Gasteiger partial charge in [-0.2, -0.15) is 0 Å². The van der Waals surface area contributed by atoms with Crippen LogP contribution in [0.2, 0.25) is 0 Å². The van der Waals surface area contributed by atoms with Crippen LogP contribution >= 0.6 is 11.8 Å². The summed E-state index contributed by atoms with van der Waals surface area (Å²) in [5.41, 5.74) is 0.310. The Balaban J connectivity index is 2.07. The summed E-state index contributed by atoms with van der Waals surface area (Å²) in [6, 6.07) is 3.84. The highest BCUT2D eigenvalue weighted by atomic mass is 32.2. The van der Waals surface area contributed by atoms with Crippen LogP contribution in [0.4, 0.5) is 0 Å². The van der Waals surface area contributed by atoms with E-state index in [1.54, 1.807) is 24.2 Å². The van der Waals surface area contributed by atoms with E-state index in [-0.39, 0.29) is 0 Å². The topological polar surface area (TPSA) is 63.8 Å². The molecular formula is C13H18N4OS. The lowest BCUT2D eigenvalue weighted by Crippen LogP contribution is -2.19. The fourth-order valence-electron chi connectivity index (χ4n) is 1.58. The predicted octanol–water partition coefficient (Wildman–Crippen LogP) is 2.13. The van der Waals surface area contributed by atoms with Crippen molar-refractivity contribution < 1.29 is 5.11 Å². The van der Waals surface area contributed by atoms with Gasteiger partial charge in [0.2, 0.25) is 0 Å². The van der Waals surface area contributed by atoms with Gasteiger partial charge in [-0.3, -0.25) is 4.98 Å². The molecule has 0 aliphatic rings. The molecule has 19 heavy (non-hydrogen) atoms. The molecule has 0 aliphatic carbocycles. The van der Waals surface area contributed by atoms with Crippen molar-refractivity contribution >= 4 is 11.8 Å². The summed E-state index contributed by atoms with van der Waals surface area (Å²) in [6.45, 7) is 3.62. The molecule has 0 aliphatic heterocycles. The van der Waals surface area contributed by atoms with Crippen LogP contribution in [-0.2, 0) is 7.05 Å². The van der Waals surface area contributed by atoms with Gasteiger partial charge in [-0.05, 0) is 32.4 Å². The first-order valence-electron chi connectivity index (χ1n) is 6.12. The maximum Gasteiger partial charge on any atom is 0.191 e. The second-order valence-corrected chi connectivity index (χ2v) is 6.08. The molecule has 1 N–H and O–H groups in total. The summed E-state index contributed by atoms with van der Waals surface area (Å²) in [5.74, 6) is 1.61. The van der Waals surface area contributed by atoms with Crippen LogP contribution in [0.5, 0.6) is 0 Å². The number of aromatic nitrogens is 4. The summed E-state index contributed by atoms with van der Waals surface area (Å²) in [6.07, 6.45) is 4.22. The molecule has 102 valence electrons. The minimum absolute atomic E-state index is 0.641. The summed E-state index contributed by atoms with van der Waals surface area (Å²) in [7, 11) is 1.94. The highest BCUT2D eigenvalue weighted by molar-refractivity contribution is 7.99. The molecule has 6 heteroatoms. The van der Waals surface area contributed by atoms with Crippen LogP contribution in [0.1, 0.15) is 20.3 Å². The number of aliphatic hydroxyl groups is 1. The quantitative estimate of drug-likeness (QED) is 0.849. The SMILES string of the molecule is Cn1c(SCCC(C)(C)O)nnc1-c1cccnc1. The van der Waals surface area contributed by atoms with E-state index in [4.69, 9.17) is 0 Å². The zero-order valence-corrected chi connectivity index (χ0v) is 12.2. The average Bonchev–Trinajstić information content (AvgIpc) is 2.71. The lowest BCUT2D eigenvalue weighted by molar-refractivity contribution is 0.0777. The largest absolute Gasteiger partial charge is 0.390 e. The van der Waals surface area contributed by atoms with E-state index in [1.807, 2.05) is 37.6 Å². The van der Waals surface area contributed by atoms with Crippen LogP contribution in [0.3, 0.4) is 0 Å². The highest BCUT2D eigenvalue weighted by Crippen LogP contribution is 2.23. The third-order valence-corrected chi connectivity index (χ3v) is 3.72. The molecule has 0 unspecified atom stereocenters. The predicted molar refractivity (Wildman–Crippen MR) is 75.9 cm³/mol. The van der Waals surface area contributed by atoms with Gasteiger partial charge in [0.05, 0.1) is 5.60 Å². The van der Waals surface area contributed by atoms with Crippen molar-refractivity contribution in [3.8, 4) is 11.4 Å². The van der Waals surface area contributed by atoms with Gasteiger partial charge in [0, 0.05) is 30.8 Å². The van der Waals surface area contributed by atoms with Gasteiger partial charge in [0.15, 0.2) is 11.0 Å². The van der Waals surface area contributed by atoms with Crippen molar-refractivity contribution in [2.24, 2.45) is 7.05 Å². The van der Waals surface area contributed by atoms with E-state index >= 15 is 0 Å². The van der Waals surface area contributed by atoms with Crippen molar-refractivity contribution in [3.63, 3.8) is 0 Å². The summed E-state index contributed by atoms with van der Waals surface area (Å²) >= 11 is 1.60. The van der Waals surface area contributed by atoms with Crippen molar-refractivity contribution in [1.29, 1.82) is 0 Å². The Hall–Kier alpha value is -1.40. The van der Waals surface area contributed by atoms with E-state index in [0.717, 1.165) is 22.3 Å². The fourth-order valence-corrected chi connectivity index (χ4v) is 2.74. The molecule has 5 nitrogen and oxygen atoms in total. The average molecular weight is 278 g/mol. The monoisotopic (exact) mass is 278 g/mol. The maximum atomic E-state index is 9.68. The molecular weight excluding hydrogens is 260 g/mol. The molecule has 2 aromatic heterocycles. The molecule has 0 atom stereocenters. The van der Waals surface area contributed by atoms with Crippen LogP contribution in [0.15, 0.2) is 29.7 Å². The van der Waals surface area contributed by atoms with E-state index in [2.05, 4.69) is 15.2 Å². The molecule has 0 spiro atoms. The van der Waals surface area contributed by atoms with Crippen molar-refractivity contribution in [2.45, 2.75) is 31.0 Å². The standard InChI is InChI=1S/C13H18N4OS/c1-13(2,18)6-8-19-12-16-15-11(17(12)3)10-5-4-7-14-9-10/h4-5,7,9,18H,6,8H2,1-3H3. The lowest BCUT2D eigenvalue weighted by atomic mass is 10.1. The molecule has 0 bridgehead atoms. The van der Waals surface area contributed by atoms with Crippen LogP contribution in [-0.4, -0.2) is 36.2 Å². The van der Waals surface area contributed by atoms with E-state index in [0.29, 0.717) is 6.42 Å². The van der Waals surface area contributed by atoms with Gasteiger partial charge < -0.3 is 9.67 Å². The van der Waals surface area contributed by atoms with E-state index < -0.39 is 5.60 Å². The van der Waals surface area contributed by atoms with Gasteiger partial charge in [0.25, 0.3) is 0 Å². The number of hydrogen-bond acceptors (Lipinski definition) is 5. The van der Waals surface area contributed by atoms with Gasteiger partial charge >= 0.3 is 0 Å². The summed E-state index contributed by atoms with van der Waals surface area (Å²) in [4.78, 5) is 4.08. The molecule has 0 saturated heterocycles. The number of rotatable bonds is 5. The Kier molecular flexibility index (Phi) is 4.21. The number of hydrogen-bond donors (Lipinski definition) is 1. The second-order valence-electron chi connectivity index (χ2n) is 5.02. The Morgan fingerprint density at radius 3 is 2.79 bits per heavy atom. The third-order valence-electron chi connectivity index (χ3n) is 2.70. The summed E-state index contributed by atoms with van der Waals surface area (Å²) < 4.78 is 1.95. The maximum absolute atomic E-state index is 9.68. The Bertz CT molecular complexity index is 533. The molecule has 0 radical (unpaired) electrons. The van der Waals surface area contributed by atoms with Crippen molar-refractivity contribution in [3.05, 3.63) is 24.5 Å². The molecule has 0 saturated carbocycles. The van der Waals surface area contributed by atoms with Crippen molar-refractivity contribution in [1.82, 2.24) is 19.7 Å². The Labute approximate surface area is 117 Å². The fraction of sp³-hybridized carbons (Fsp3) is 0.462. The lowest BCUT2D eigenvalue weighted by Gasteiger charge is -2.15. The molecule has 0 aromatic carbocycles. The molecule has 0 amide bonds. The van der Waals surface area contributed by atoms with Gasteiger partial charge in [0.1, 0.15) is 0 Å². The first-order valence-corrected chi connectivity index (χ1v) is 7.11. The van der Waals surface area contributed by atoms with Crippen LogP contribution < -0.4 is 0 Å². The summed E-state index contributed by atoms with van der Waals surface area (Å²) in [5, 5.41) is 18.9. The van der Waals surface area contributed by atoms with Crippen LogP contribution in [0.25, 0.3) is 11.4 Å². The first-order chi connectivity index (χ1) is 8.97. The third kappa shape index (κ3) is 3.78. The van der Waals surface area contributed by atoms with E-state index in [1.165, 1.54) is 0 Å². The minimum atomic E-state index is -0.641. The van der Waals surface area contributed by atoms with Gasteiger partial charge in [-0.1, -0.05) is 11.8 Å². The Morgan fingerprint density at radius 1 is 1.37 bits per heavy atom. The molecule has 2 aromatic rings. The second kappa shape index (κ2) is 5.71. The number of nitrogens with zero attached hydrogens (tertiary/aromatic N) is 4. The highest BCUT2D eigenvalue weighted by Gasteiger charge is 2.15. The van der Waals surface area contributed by atoms with Crippen LogP contribution in [0, 0.1) is 0 Å². The molecule has 2 rings (SSSR count). The van der Waals surface area contributed by atoms with Gasteiger partial charge in [-0.15, -0.1) is 10.2 Å². The van der Waals surface area contributed by atoms with E-state index in [9.17, 15) is 5.11 Å². The first kappa shape index (κ1) is 14.0. The van der Waals surface area contributed by atoms with Crippen molar-refractivity contribution in [2.75, 3.05) is 5.75 Å². The number of thioether (sulfide) groups is 1. The molecule has 0 fully saturated rings.